The maximum Gasteiger partial charge on any atom is 0.234 e. The number of carbonyl (C=O) groups excluding carboxylic acids is 1. The van der Waals surface area contributed by atoms with E-state index in [-0.39, 0.29) is 11.4 Å². The van der Waals surface area contributed by atoms with Gasteiger partial charge >= 0.3 is 0 Å². The number of benzene rings is 1. The summed E-state index contributed by atoms with van der Waals surface area (Å²) < 4.78 is 0. The lowest BCUT2D eigenvalue weighted by atomic mass is 10.1. The van der Waals surface area contributed by atoms with Crippen LogP contribution in [-0.2, 0) is 11.2 Å². The first-order valence-electron chi connectivity index (χ1n) is 9.22. The number of nitrogens with one attached hydrogen (secondary N) is 1. The van der Waals surface area contributed by atoms with Crippen LogP contribution >= 0.6 is 0 Å². The van der Waals surface area contributed by atoms with Crippen LogP contribution in [0.5, 0.6) is 0 Å². The molecule has 0 saturated carbocycles. The Balaban J connectivity index is 1.67. The molecule has 0 spiro atoms. The monoisotopic (exact) mass is 331 g/mol. The summed E-state index contributed by atoms with van der Waals surface area (Å²) in [5, 5.41) is 3.06. The zero-order valence-corrected chi connectivity index (χ0v) is 15.6. The Morgan fingerprint density at radius 1 is 1.04 bits per heavy atom. The van der Waals surface area contributed by atoms with Crippen molar-refractivity contribution in [2.45, 2.75) is 45.6 Å². The fourth-order valence-corrected chi connectivity index (χ4v) is 3.22. The molecule has 1 aromatic carbocycles. The van der Waals surface area contributed by atoms with E-state index in [4.69, 9.17) is 0 Å². The lowest BCUT2D eigenvalue weighted by molar-refractivity contribution is -0.123. The van der Waals surface area contributed by atoms with Gasteiger partial charge in [-0.05, 0) is 65.2 Å². The first-order valence-corrected chi connectivity index (χ1v) is 9.22. The SMILES string of the molecule is CC(C)(C)NC(=O)CN1CCCN(CCCc2ccccc2)CC1. The maximum absolute atomic E-state index is 12.1. The highest BCUT2D eigenvalue weighted by Crippen LogP contribution is 2.07. The Kier molecular flexibility index (Phi) is 7.25. The third-order valence-electron chi connectivity index (χ3n) is 4.35. The molecular formula is C20H33N3O. The molecule has 0 radical (unpaired) electrons. The Hall–Kier alpha value is -1.39. The van der Waals surface area contributed by atoms with Crippen molar-refractivity contribution in [1.29, 1.82) is 0 Å². The van der Waals surface area contributed by atoms with Gasteiger partial charge in [-0.25, -0.2) is 0 Å². The normalized spacial score (nSPS) is 17.5. The first-order chi connectivity index (χ1) is 11.4. The molecule has 0 unspecified atom stereocenters. The molecule has 2 rings (SSSR count). The molecular weight excluding hydrogens is 298 g/mol. The van der Waals surface area contributed by atoms with Gasteiger partial charge in [-0.15, -0.1) is 0 Å². The van der Waals surface area contributed by atoms with Crippen LogP contribution in [-0.4, -0.2) is 60.5 Å². The van der Waals surface area contributed by atoms with Crippen LogP contribution in [0.4, 0.5) is 0 Å². The van der Waals surface area contributed by atoms with Gasteiger partial charge in [-0.2, -0.15) is 0 Å². The standard InChI is InChI=1S/C20H33N3O/c1-20(2,3)21-19(24)17-23-14-8-13-22(15-16-23)12-7-11-18-9-5-4-6-10-18/h4-6,9-10H,7-8,11-17H2,1-3H3,(H,21,24). The van der Waals surface area contributed by atoms with Gasteiger partial charge in [0.05, 0.1) is 6.54 Å². The van der Waals surface area contributed by atoms with Crippen LogP contribution < -0.4 is 5.32 Å². The van der Waals surface area contributed by atoms with E-state index in [1.54, 1.807) is 0 Å². The highest BCUT2D eigenvalue weighted by molar-refractivity contribution is 5.78. The van der Waals surface area contributed by atoms with Gasteiger partial charge in [0.1, 0.15) is 0 Å². The van der Waals surface area contributed by atoms with Gasteiger partial charge in [0, 0.05) is 18.6 Å². The highest BCUT2D eigenvalue weighted by Gasteiger charge is 2.19. The molecule has 24 heavy (non-hydrogen) atoms. The van der Waals surface area contributed by atoms with Crippen molar-refractivity contribution >= 4 is 5.91 Å². The van der Waals surface area contributed by atoms with Crippen molar-refractivity contribution in [3.05, 3.63) is 35.9 Å². The van der Waals surface area contributed by atoms with E-state index in [0.717, 1.165) is 45.6 Å². The minimum absolute atomic E-state index is 0.139. The topological polar surface area (TPSA) is 35.6 Å². The number of amides is 1. The van der Waals surface area contributed by atoms with E-state index >= 15 is 0 Å². The van der Waals surface area contributed by atoms with E-state index in [2.05, 4.69) is 45.4 Å². The van der Waals surface area contributed by atoms with Crippen LogP contribution in [0.2, 0.25) is 0 Å². The molecule has 1 N–H and O–H groups in total. The number of hydrogen-bond donors (Lipinski definition) is 1. The van der Waals surface area contributed by atoms with Crippen LogP contribution in [0.25, 0.3) is 0 Å². The number of hydrogen-bond acceptors (Lipinski definition) is 3. The second-order valence-electron chi connectivity index (χ2n) is 7.86. The van der Waals surface area contributed by atoms with Gasteiger partial charge in [-0.3, -0.25) is 9.69 Å². The maximum atomic E-state index is 12.1. The van der Waals surface area contributed by atoms with E-state index < -0.39 is 0 Å². The quantitative estimate of drug-likeness (QED) is 0.870. The summed E-state index contributed by atoms with van der Waals surface area (Å²) in [6, 6.07) is 10.7. The van der Waals surface area contributed by atoms with Crippen molar-refractivity contribution < 1.29 is 4.79 Å². The molecule has 1 saturated heterocycles. The van der Waals surface area contributed by atoms with E-state index in [9.17, 15) is 4.79 Å². The summed E-state index contributed by atoms with van der Waals surface area (Å²) in [6.45, 7) is 12.0. The first kappa shape index (κ1) is 18.9. The van der Waals surface area contributed by atoms with Crippen LogP contribution in [0.1, 0.15) is 39.2 Å². The fourth-order valence-electron chi connectivity index (χ4n) is 3.22. The Morgan fingerprint density at radius 3 is 2.42 bits per heavy atom. The van der Waals surface area contributed by atoms with Crippen molar-refractivity contribution in [3.8, 4) is 0 Å². The van der Waals surface area contributed by atoms with Gasteiger partial charge < -0.3 is 10.2 Å². The predicted octanol–water partition coefficient (Wildman–Crippen LogP) is 2.54. The van der Waals surface area contributed by atoms with Crippen molar-refractivity contribution in [1.82, 2.24) is 15.1 Å². The molecule has 0 bridgehead atoms. The summed E-state index contributed by atoms with van der Waals surface area (Å²) in [4.78, 5) is 16.9. The molecule has 1 aromatic rings. The summed E-state index contributed by atoms with van der Waals surface area (Å²) >= 11 is 0. The third-order valence-corrected chi connectivity index (χ3v) is 4.35. The molecule has 1 heterocycles. The molecule has 1 aliphatic rings. The van der Waals surface area contributed by atoms with E-state index in [1.165, 1.54) is 12.0 Å². The zero-order valence-electron chi connectivity index (χ0n) is 15.6. The number of aryl methyl sites for hydroxylation is 1. The van der Waals surface area contributed by atoms with Crippen molar-refractivity contribution in [2.75, 3.05) is 39.3 Å². The minimum atomic E-state index is -0.146. The molecule has 0 aromatic heterocycles. The van der Waals surface area contributed by atoms with E-state index in [0.29, 0.717) is 6.54 Å². The Labute approximate surface area is 147 Å². The van der Waals surface area contributed by atoms with Crippen LogP contribution in [0, 0.1) is 0 Å². The summed E-state index contributed by atoms with van der Waals surface area (Å²) in [6.07, 6.45) is 3.50. The number of nitrogens with zero attached hydrogens (tertiary/aromatic N) is 2. The Bertz CT molecular complexity index is 495. The average Bonchev–Trinajstić information content (AvgIpc) is 2.72. The van der Waals surface area contributed by atoms with Gasteiger partial charge in [0.2, 0.25) is 5.91 Å². The van der Waals surface area contributed by atoms with Gasteiger partial charge in [0.25, 0.3) is 0 Å². The highest BCUT2D eigenvalue weighted by atomic mass is 16.2. The van der Waals surface area contributed by atoms with E-state index in [1.807, 2.05) is 20.8 Å². The van der Waals surface area contributed by atoms with Gasteiger partial charge in [-0.1, -0.05) is 30.3 Å². The predicted molar refractivity (Wildman–Crippen MR) is 100 cm³/mol. The van der Waals surface area contributed by atoms with Gasteiger partial charge in [0.15, 0.2) is 0 Å². The molecule has 134 valence electrons. The summed E-state index contributed by atoms with van der Waals surface area (Å²) in [5.74, 6) is 0.139. The Morgan fingerprint density at radius 2 is 1.71 bits per heavy atom. The minimum Gasteiger partial charge on any atom is -0.350 e. The molecule has 4 heteroatoms. The second kappa shape index (κ2) is 9.19. The molecule has 1 amide bonds. The van der Waals surface area contributed by atoms with Crippen molar-refractivity contribution in [3.63, 3.8) is 0 Å². The number of carbonyl (C=O) groups is 1. The molecule has 0 aliphatic carbocycles. The largest absolute Gasteiger partial charge is 0.350 e. The lowest BCUT2D eigenvalue weighted by Crippen LogP contribution is -2.46. The molecule has 4 nitrogen and oxygen atoms in total. The number of rotatable bonds is 6. The van der Waals surface area contributed by atoms with Crippen molar-refractivity contribution in [2.24, 2.45) is 0 Å². The smallest absolute Gasteiger partial charge is 0.234 e. The molecule has 1 fully saturated rings. The average molecular weight is 332 g/mol. The second-order valence-corrected chi connectivity index (χ2v) is 7.86. The lowest BCUT2D eigenvalue weighted by Gasteiger charge is -2.25. The van der Waals surface area contributed by atoms with Crippen LogP contribution in [0.3, 0.4) is 0 Å². The van der Waals surface area contributed by atoms with Crippen LogP contribution in [0.15, 0.2) is 30.3 Å². The molecule has 0 atom stereocenters. The molecule has 1 aliphatic heterocycles. The summed E-state index contributed by atoms with van der Waals surface area (Å²) in [7, 11) is 0. The summed E-state index contributed by atoms with van der Waals surface area (Å²) in [5.41, 5.74) is 1.28. The zero-order chi connectivity index (χ0) is 17.4. The third kappa shape index (κ3) is 7.45. The fraction of sp³-hybridized carbons (Fsp3) is 0.650.